The van der Waals surface area contributed by atoms with Gasteiger partial charge in [0.1, 0.15) is 11.6 Å². The molecule has 0 bridgehead atoms. The van der Waals surface area contributed by atoms with Gasteiger partial charge >= 0.3 is 0 Å². The fourth-order valence-corrected chi connectivity index (χ4v) is 2.30. The van der Waals surface area contributed by atoms with Gasteiger partial charge in [0, 0.05) is 21.1 Å². The molecule has 0 heterocycles. The van der Waals surface area contributed by atoms with Crippen molar-refractivity contribution < 1.29 is 13.9 Å². The van der Waals surface area contributed by atoms with Gasteiger partial charge in [-0.3, -0.25) is 4.79 Å². The number of methoxy groups -OCH3 is 1. The fraction of sp³-hybridized carbons (Fsp3) is 0.0625. The summed E-state index contributed by atoms with van der Waals surface area (Å²) >= 11 is 9.01. The zero-order chi connectivity index (χ0) is 16.1. The lowest BCUT2D eigenvalue weighted by Gasteiger charge is -2.06. The zero-order valence-electron chi connectivity index (χ0n) is 11.6. The molecule has 1 amide bonds. The number of amides is 1. The van der Waals surface area contributed by atoms with E-state index in [1.165, 1.54) is 18.2 Å². The standard InChI is InChI=1S/C16H12BrClFNO2/c1-22-15-6-3-11(17)8-10(15)2-7-16(21)20-14-5-4-12(18)9-13(14)19/h2-9H,1H3,(H,20,21)/b7-2+. The molecule has 6 heteroatoms. The van der Waals surface area contributed by atoms with Gasteiger partial charge in [0.25, 0.3) is 0 Å². The second-order valence-corrected chi connectivity index (χ2v) is 5.69. The molecule has 2 aromatic carbocycles. The van der Waals surface area contributed by atoms with Gasteiger partial charge in [-0.05, 0) is 42.5 Å². The molecule has 0 unspecified atom stereocenters. The Morgan fingerprint density at radius 3 is 2.77 bits per heavy atom. The first-order valence-corrected chi connectivity index (χ1v) is 7.44. The lowest BCUT2D eigenvalue weighted by molar-refractivity contribution is -0.111. The molecule has 0 aliphatic carbocycles. The number of benzene rings is 2. The molecule has 3 nitrogen and oxygen atoms in total. The third-order valence-electron chi connectivity index (χ3n) is 2.80. The van der Waals surface area contributed by atoms with Crippen molar-refractivity contribution in [2.24, 2.45) is 0 Å². The van der Waals surface area contributed by atoms with Crippen LogP contribution in [-0.4, -0.2) is 13.0 Å². The molecule has 2 aromatic rings. The lowest BCUT2D eigenvalue weighted by atomic mass is 10.2. The van der Waals surface area contributed by atoms with Crippen LogP contribution in [0.25, 0.3) is 6.08 Å². The number of anilines is 1. The number of rotatable bonds is 4. The fourth-order valence-electron chi connectivity index (χ4n) is 1.77. The number of ether oxygens (including phenoxy) is 1. The van der Waals surface area contributed by atoms with Gasteiger partial charge in [-0.2, -0.15) is 0 Å². The molecule has 22 heavy (non-hydrogen) atoms. The maximum atomic E-state index is 13.6. The van der Waals surface area contributed by atoms with Crippen molar-refractivity contribution in [3.8, 4) is 5.75 Å². The molecule has 2 rings (SSSR count). The molecule has 0 atom stereocenters. The highest BCUT2D eigenvalue weighted by molar-refractivity contribution is 9.10. The van der Waals surface area contributed by atoms with Crippen LogP contribution in [0.3, 0.4) is 0 Å². The molecule has 0 aliphatic rings. The minimum atomic E-state index is -0.589. The van der Waals surface area contributed by atoms with Crippen molar-refractivity contribution in [1.29, 1.82) is 0 Å². The summed E-state index contributed by atoms with van der Waals surface area (Å²) in [5, 5.41) is 2.72. The molecule has 0 fully saturated rings. The molecule has 0 saturated heterocycles. The van der Waals surface area contributed by atoms with Crippen LogP contribution < -0.4 is 10.1 Å². The van der Waals surface area contributed by atoms with E-state index in [0.29, 0.717) is 5.75 Å². The van der Waals surface area contributed by atoms with E-state index >= 15 is 0 Å². The van der Waals surface area contributed by atoms with Gasteiger partial charge in [-0.15, -0.1) is 0 Å². The summed E-state index contributed by atoms with van der Waals surface area (Å²) in [7, 11) is 1.55. The number of carbonyl (C=O) groups excluding carboxylic acids is 1. The van der Waals surface area contributed by atoms with Crippen LogP contribution >= 0.6 is 27.5 Å². The van der Waals surface area contributed by atoms with Crippen molar-refractivity contribution in [1.82, 2.24) is 0 Å². The second-order valence-electron chi connectivity index (χ2n) is 4.33. The largest absolute Gasteiger partial charge is 0.496 e. The number of hydrogen-bond acceptors (Lipinski definition) is 2. The molecule has 0 aromatic heterocycles. The van der Waals surface area contributed by atoms with E-state index in [4.69, 9.17) is 16.3 Å². The maximum Gasteiger partial charge on any atom is 0.248 e. The first-order valence-electron chi connectivity index (χ1n) is 6.27. The van der Waals surface area contributed by atoms with E-state index in [-0.39, 0.29) is 10.7 Å². The molecule has 1 N–H and O–H groups in total. The molecule has 0 saturated carbocycles. The molecular weight excluding hydrogens is 373 g/mol. The Morgan fingerprint density at radius 1 is 1.32 bits per heavy atom. The highest BCUT2D eigenvalue weighted by Crippen LogP contribution is 2.24. The van der Waals surface area contributed by atoms with Crippen molar-refractivity contribution >= 4 is 45.2 Å². The summed E-state index contributed by atoms with van der Waals surface area (Å²) in [5.74, 6) is -0.414. The van der Waals surface area contributed by atoms with Crippen LogP contribution in [0.1, 0.15) is 5.56 Å². The minimum absolute atomic E-state index is 0.0697. The average Bonchev–Trinajstić information content (AvgIpc) is 2.48. The van der Waals surface area contributed by atoms with E-state index in [1.807, 2.05) is 12.1 Å². The van der Waals surface area contributed by atoms with Crippen LogP contribution in [0.2, 0.25) is 5.02 Å². The van der Waals surface area contributed by atoms with Crippen LogP contribution in [0.5, 0.6) is 5.75 Å². The topological polar surface area (TPSA) is 38.3 Å². The second kappa shape index (κ2) is 7.42. The average molecular weight is 385 g/mol. The first kappa shape index (κ1) is 16.5. The van der Waals surface area contributed by atoms with E-state index in [1.54, 1.807) is 19.3 Å². The Balaban J connectivity index is 2.13. The quantitative estimate of drug-likeness (QED) is 0.761. The van der Waals surface area contributed by atoms with Crippen LogP contribution in [0.15, 0.2) is 46.9 Å². The summed E-state index contributed by atoms with van der Waals surface area (Å²) in [5.41, 5.74) is 0.795. The minimum Gasteiger partial charge on any atom is -0.496 e. The summed E-state index contributed by atoms with van der Waals surface area (Å²) in [6.45, 7) is 0. The van der Waals surface area contributed by atoms with Crippen LogP contribution in [-0.2, 0) is 4.79 Å². The Morgan fingerprint density at radius 2 is 2.09 bits per heavy atom. The Hall–Kier alpha value is -1.85. The number of hydrogen-bond donors (Lipinski definition) is 1. The zero-order valence-corrected chi connectivity index (χ0v) is 13.9. The van der Waals surface area contributed by atoms with Crippen LogP contribution in [0.4, 0.5) is 10.1 Å². The van der Waals surface area contributed by atoms with Gasteiger partial charge in [0.05, 0.1) is 12.8 Å². The van der Waals surface area contributed by atoms with Gasteiger partial charge in [-0.1, -0.05) is 27.5 Å². The smallest absolute Gasteiger partial charge is 0.248 e. The third kappa shape index (κ3) is 4.32. The van der Waals surface area contributed by atoms with Crippen LogP contribution in [0, 0.1) is 5.82 Å². The normalized spacial score (nSPS) is 10.7. The number of carbonyl (C=O) groups is 1. The van der Waals surface area contributed by atoms with E-state index in [0.717, 1.165) is 16.1 Å². The van der Waals surface area contributed by atoms with Crippen molar-refractivity contribution in [3.63, 3.8) is 0 Å². The van der Waals surface area contributed by atoms with E-state index in [9.17, 15) is 9.18 Å². The molecule has 114 valence electrons. The van der Waals surface area contributed by atoms with Gasteiger partial charge < -0.3 is 10.1 Å². The number of nitrogens with one attached hydrogen (secondary N) is 1. The molecule has 0 spiro atoms. The summed E-state index contributed by atoms with van der Waals surface area (Å²) < 4.78 is 19.7. The maximum absolute atomic E-state index is 13.6. The van der Waals surface area contributed by atoms with Gasteiger partial charge in [0.15, 0.2) is 0 Å². The van der Waals surface area contributed by atoms with Gasteiger partial charge in [0.2, 0.25) is 5.91 Å². The Kier molecular flexibility index (Phi) is 5.57. The lowest BCUT2D eigenvalue weighted by Crippen LogP contribution is -2.09. The monoisotopic (exact) mass is 383 g/mol. The summed E-state index contributed by atoms with van der Waals surface area (Å²) in [6, 6.07) is 9.47. The molecular formula is C16H12BrClFNO2. The van der Waals surface area contributed by atoms with Gasteiger partial charge in [-0.25, -0.2) is 4.39 Å². The Bertz CT molecular complexity index is 734. The number of halogens is 3. The van der Waals surface area contributed by atoms with Crippen molar-refractivity contribution in [2.75, 3.05) is 12.4 Å². The predicted octanol–water partition coefficient (Wildman–Crippen LogP) is 4.90. The first-order chi connectivity index (χ1) is 10.5. The molecule has 0 radical (unpaired) electrons. The van der Waals surface area contributed by atoms with Crippen molar-refractivity contribution in [2.45, 2.75) is 0 Å². The highest BCUT2D eigenvalue weighted by Gasteiger charge is 2.06. The predicted molar refractivity (Wildman–Crippen MR) is 89.8 cm³/mol. The van der Waals surface area contributed by atoms with E-state index < -0.39 is 11.7 Å². The van der Waals surface area contributed by atoms with E-state index in [2.05, 4.69) is 21.2 Å². The Labute approximate surface area is 140 Å². The molecule has 0 aliphatic heterocycles. The van der Waals surface area contributed by atoms with Crippen molar-refractivity contribution in [3.05, 3.63) is 63.4 Å². The summed E-state index contributed by atoms with van der Waals surface area (Å²) in [4.78, 5) is 11.9. The highest BCUT2D eigenvalue weighted by atomic mass is 79.9. The third-order valence-corrected chi connectivity index (χ3v) is 3.52. The summed E-state index contributed by atoms with van der Waals surface area (Å²) in [6.07, 6.45) is 2.89. The SMILES string of the molecule is COc1ccc(Br)cc1/C=C/C(=O)Nc1ccc(Cl)cc1F.